The van der Waals surface area contributed by atoms with E-state index in [1.54, 1.807) is 20.8 Å². The first-order valence-electron chi connectivity index (χ1n) is 4.70. The molecule has 5 heteroatoms. The molecule has 1 heterocycles. The van der Waals surface area contributed by atoms with Gasteiger partial charge in [-0.05, 0) is 12.1 Å². The van der Waals surface area contributed by atoms with Gasteiger partial charge in [0.25, 0.3) is 0 Å². The molecule has 0 aliphatic carbocycles. The van der Waals surface area contributed by atoms with Crippen LogP contribution in [0.15, 0.2) is 18.3 Å². The van der Waals surface area contributed by atoms with E-state index in [2.05, 4.69) is 4.98 Å². The van der Waals surface area contributed by atoms with Gasteiger partial charge in [0.05, 0.1) is 5.56 Å². The topological polar surface area (TPSA) is 30.0 Å². The summed E-state index contributed by atoms with van der Waals surface area (Å²) in [5.41, 5.74) is -1.74. The van der Waals surface area contributed by atoms with E-state index in [4.69, 9.17) is 0 Å². The van der Waals surface area contributed by atoms with E-state index in [1.165, 1.54) is 0 Å². The van der Waals surface area contributed by atoms with Crippen molar-refractivity contribution in [2.45, 2.75) is 26.9 Å². The van der Waals surface area contributed by atoms with Crippen molar-refractivity contribution >= 4 is 5.78 Å². The molecule has 0 aliphatic heterocycles. The molecule has 0 N–H and O–H groups in total. The molecular formula is C11H12F3NO. The monoisotopic (exact) mass is 231 g/mol. The van der Waals surface area contributed by atoms with Gasteiger partial charge in [0.2, 0.25) is 0 Å². The summed E-state index contributed by atoms with van der Waals surface area (Å²) in [6.07, 6.45) is -3.45. The average molecular weight is 231 g/mol. The van der Waals surface area contributed by atoms with Crippen LogP contribution in [-0.4, -0.2) is 10.8 Å². The van der Waals surface area contributed by atoms with Crippen LogP contribution in [0.5, 0.6) is 0 Å². The smallest absolute Gasteiger partial charge is 0.292 e. The Hall–Kier alpha value is -1.39. The van der Waals surface area contributed by atoms with E-state index < -0.39 is 22.9 Å². The highest BCUT2D eigenvalue weighted by atomic mass is 19.4. The second-order valence-electron chi connectivity index (χ2n) is 4.51. The molecular weight excluding hydrogens is 219 g/mol. The Balaban J connectivity index is 3.14. The molecule has 0 bridgehead atoms. The summed E-state index contributed by atoms with van der Waals surface area (Å²) in [6, 6.07) is 1.63. The highest BCUT2D eigenvalue weighted by molar-refractivity contribution is 5.98. The summed E-state index contributed by atoms with van der Waals surface area (Å²) in [5, 5.41) is 0. The number of halogens is 3. The van der Waals surface area contributed by atoms with Crippen LogP contribution in [0.4, 0.5) is 13.2 Å². The predicted molar refractivity (Wildman–Crippen MR) is 53.0 cm³/mol. The van der Waals surface area contributed by atoms with Gasteiger partial charge in [0, 0.05) is 11.6 Å². The molecule has 88 valence electrons. The molecule has 0 aromatic carbocycles. The van der Waals surface area contributed by atoms with Crippen molar-refractivity contribution in [2.75, 3.05) is 0 Å². The third-order valence-corrected chi connectivity index (χ3v) is 2.00. The van der Waals surface area contributed by atoms with Gasteiger partial charge >= 0.3 is 6.18 Å². The van der Waals surface area contributed by atoms with Gasteiger partial charge in [0.1, 0.15) is 5.69 Å². The first kappa shape index (κ1) is 12.7. The van der Waals surface area contributed by atoms with Gasteiger partial charge < -0.3 is 0 Å². The molecule has 2 nitrogen and oxygen atoms in total. The second kappa shape index (κ2) is 3.88. The van der Waals surface area contributed by atoms with Gasteiger partial charge in [-0.3, -0.25) is 9.78 Å². The van der Waals surface area contributed by atoms with Gasteiger partial charge in [-0.2, -0.15) is 13.2 Å². The Morgan fingerprint density at radius 3 is 2.25 bits per heavy atom. The lowest BCUT2D eigenvalue weighted by Gasteiger charge is -2.16. The maximum atomic E-state index is 12.4. The van der Waals surface area contributed by atoms with Crippen LogP contribution >= 0.6 is 0 Å². The van der Waals surface area contributed by atoms with Gasteiger partial charge in [0.15, 0.2) is 5.78 Å². The van der Waals surface area contributed by atoms with Crippen LogP contribution < -0.4 is 0 Å². The summed E-state index contributed by atoms with van der Waals surface area (Å²) in [4.78, 5) is 15.4. The molecule has 1 aromatic heterocycles. The average Bonchev–Trinajstić information content (AvgIpc) is 2.14. The number of aromatic nitrogens is 1. The number of alkyl halides is 3. The number of carbonyl (C=O) groups excluding carboxylic acids is 1. The number of carbonyl (C=O) groups is 1. The molecule has 0 spiro atoms. The molecule has 0 aliphatic rings. The first-order valence-corrected chi connectivity index (χ1v) is 4.70. The van der Waals surface area contributed by atoms with Crippen molar-refractivity contribution in [3.05, 3.63) is 29.6 Å². The molecule has 0 saturated carbocycles. The fourth-order valence-electron chi connectivity index (χ4n) is 1.12. The zero-order valence-electron chi connectivity index (χ0n) is 9.22. The maximum Gasteiger partial charge on any atom is 0.416 e. The maximum absolute atomic E-state index is 12.4. The number of hydrogen-bond acceptors (Lipinski definition) is 2. The summed E-state index contributed by atoms with van der Waals surface area (Å²) in [5.74, 6) is -0.404. The minimum atomic E-state index is -4.45. The fraction of sp³-hybridized carbons (Fsp3) is 0.455. The van der Waals surface area contributed by atoms with Crippen molar-refractivity contribution < 1.29 is 18.0 Å². The molecule has 0 fully saturated rings. The zero-order valence-corrected chi connectivity index (χ0v) is 9.22. The molecule has 1 rings (SSSR count). The van der Waals surface area contributed by atoms with Crippen molar-refractivity contribution in [3.8, 4) is 0 Å². The molecule has 16 heavy (non-hydrogen) atoms. The van der Waals surface area contributed by atoms with E-state index in [9.17, 15) is 18.0 Å². The number of rotatable bonds is 1. The Labute approximate surface area is 91.5 Å². The highest BCUT2D eigenvalue weighted by Crippen LogP contribution is 2.30. The van der Waals surface area contributed by atoms with E-state index in [-0.39, 0.29) is 5.69 Å². The normalized spacial score (nSPS) is 12.6. The Bertz CT molecular complexity index is 404. The van der Waals surface area contributed by atoms with E-state index in [0.717, 1.165) is 18.3 Å². The van der Waals surface area contributed by atoms with Crippen molar-refractivity contribution in [3.63, 3.8) is 0 Å². The third kappa shape index (κ3) is 2.81. The summed E-state index contributed by atoms with van der Waals surface area (Å²) < 4.78 is 37.2. The van der Waals surface area contributed by atoms with Crippen LogP contribution in [0.2, 0.25) is 0 Å². The van der Waals surface area contributed by atoms with Crippen LogP contribution in [-0.2, 0) is 6.18 Å². The van der Waals surface area contributed by atoms with Crippen LogP contribution in [0.3, 0.4) is 0 Å². The van der Waals surface area contributed by atoms with Crippen LogP contribution in [0, 0.1) is 5.41 Å². The lowest BCUT2D eigenvalue weighted by Crippen LogP contribution is -2.22. The van der Waals surface area contributed by atoms with Crippen LogP contribution in [0.1, 0.15) is 36.8 Å². The summed E-state index contributed by atoms with van der Waals surface area (Å²) in [6.45, 7) is 4.91. The van der Waals surface area contributed by atoms with Crippen LogP contribution in [0.25, 0.3) is 0 Å². The minimum absolute atomic E-state index is 0.151. The second-order valence-corrected chi connectivity index (χ2v) is 4.51. The van der Waals surface area contributed by atoms with Gasteiger partial charge in [-0.1, -0.05) is 20.8 Å². The third-order valence-electron chi connectivity index (χ3n) is 2.00. The lowest BCUT2D eigenvalue weighted by molar-refractivity contribution is -0.137. The van der Waals surface area contributed by atoms with Crippen molar-refractivity contribution in [2.24, 2.45) is 5.41 Å². The molecule has 0 unspecified atom stereocenters. The number of Topliss-reactive ketones (excluding diaryl/α,β-unsaturated/α-hetero) is 1. The molecule has 0 amide bonds. The zero-order chi connectivity index (χ0) is 12.6. The number of ketones is 1. The standard InChI is InChI=1S/C11H12F3NO/c1-10(2,3)9(16)8-6-7(4-5-15-8)11(12,13)14/h4-6H,1-3H3. The minimum Gasteiger partial charge on any atom is -0.292 e. The summed E-state index contributed by atoms with van der Waals surface area (Å²) >= 11 is 0. The largest absolute Gasteiger partial charge is 0.416 e. The fourth-order valence-corrected chi connectivity index (χ4v) is 1.12. The molecule has 0 atom stereocenters. The highest BCUT2D eigenvalue weighted by Gasteiger charge is 2.32. The van der Waals surface area contributed by atoms with Gasteiger partial charge in [-0.25, -0.2) is 0 Å². The molecule has 0 radical (unpaired) electrons. The predicted octanol–water partition coefficient (Wildman–Crippen LogP) is 3.33. The number of nitrogens with zero attached hydrogens (tertiary/aromatic N) is 1. The van der Waals surface area contributed by atoms with E-state index in [1.807, 2.05) is 0 Å². The molecule has 1 aromatic rings. The first-order chi connectivity index (χ1) is 7.12. The van der Waals surface area contributed by atoms with E-state index in [0.29, 0.717) is 0 Å². The lowest BCUT2D eigenvalue weighted by atomic mass is 9.88. The summed E-state index contributed by atoms with van der Waals surface area (Å²) in [7, 11) is 0. The molecule has 0 saturated heterocycles. The quantitative estimate of drug-likeness (QED) is 0.694. The van der Waals surface area contributed by atoms with Crippen molar-refractivity contribution in [1.82, 2.24) is 4.98 Å². The number of pyridine rings is 1. The van der Waals surface area contributed by atoms with Crippen molar-refractivity contribution in [1.29, 1.82) is 0 Å². The Morgan fingerprint density at radius 2 is 1.81 bits per heavy atom. The number of hydrogen-bond donors (Lipinski definition) is 0. The van der Waals surface area contributed by atoms with Gasteiger partial charge in [-0.15, -0.1) is 0 Å². The Morgan fingerprint density at radius 1 is 1.25 bits per heavy atom. The van der Waals surface area contributed by atoms with E-state index >= 15 is 0 Å². The SMILES string of the molecule is CC(C)(C)C(=O)c1cc(C(F)(F)F)ccn1. The Kier molecular flexibility index (Phi) is 3.08.